The molecular formula is C13H22N2O2. The van der Waals surface area contributed by atoms with Gasteiger partial charge in [-0.2, -0.15) is 5.10 Å². The van der Waals surface area contributed by atoms with E-state index in [4.69, 9.17) is 4.74 Å². The van der Waals surface area contributed by atoms with E-state index in [1.807, 2.05) is 4.68 Å². The molecule has 17 heavy (non-hydrogen) atoms. The van der Waals surface area contributed by atoms with Crippen molar-refractivity contribution in [3.05, 3.63) is 11.3 Å². The highest BCUT2D eigenvalue weighted by molar-refractivity contribution is 5.31. The first-order valence-corrected chi connectivity index (χ1v) is 6.56. The minimum Gasteiger partial charge on any atom is -0.481 e. The smallest absolute Gasteiger partial charge is 0.217 e. The monoisotopic (exact) mass is 238 g/mol. The number of aromatic nitrogens is 2. The van der Waals surface area contributed by atoms with E-state index in [1.54, 1.807) is 7.11 Å². The molecule has 0 atom stereocenters. The number of methoxy groups -OCH3 is 1. The quantitative estimate of drug-likeness (QED) is 0.876. The molecule has 1 aliphatic rings. The molecule has 0 amide bonds. The van der Waals surface area contributed by atoms with Crippen LogP contribution in [0.4, 0.5) is 0 Å². The second-order valence-electron chi connectivity index (χ2n) is 4.68. The van der Waals surface area contributed by atoms with Crippen molar-refractivity contribution in [2.24, 2.45) is 0 Å². The minimum absolute atomic E-state index is 0.0130. The second kappa shape index (κ2) is 5.54. The van der Waals surface area contributed by atoms with Crippen molar-refractivity contribution in [2.45, 2.75) is 58.1 Å². The fraction of sp³-hybridized carbons (Fsp3) is 0.769. The normalized spacial score (nSPS) is 17.4. The molecule has 4 nitrogen and oxygen atoms in total. The minimum atomic E-state index is 0.0130. The van der Waals surface area contributed by atoms with Crippen molar-refractivity contribution in [2.75, 3.05) is 7.11 Å². The van der Waals surface area contributed by atoms with Crippen LogP contribution in [0.1, 0.15) is 56.3 Å². The van der Waals surface area contributed by atoms with Crippen LogP contribution in [0.3, 0.4) is 0 Å². The van der Waals surface area contributed by atoms with Crippen LogP contribution in [0.15, 0.2) is 0 Å². The highest BCUT2D eigenvalue weighted by Crippen LogP contribution is 2.34. The van der Waals surface area contributed by atoms with E-state index in [-0.39, 0.29) is 6.61 Å². The van der Waals surface area contributed by atoms with Crippen molar-refractivity contribution >= 4 is 0 Å². The Bertz CT molecular complexity index is 368. The van der Waals surface area contributed by atoms with Gasteiger partial charge < -0.3 is 9.84 Å². The summed E-state index contributed by atoms with van der Waals surface area (Å²) < 4.78 is 7.45. The third-order valence-electron chi connectivity index (χ3n) is 3.65. The summed E-state index contributed by atoms with van der Waals surface area (Å²) in [5.41, 5.74) is 1.83. The standard InChI is InChI=1S/C13H22N2O2/c1-3-12-11(9-16)13(17-2)15(14-12)10-7-5-4-6-8-10/h10,16H,3-9H2,1-2H3. The van der Waals surface area contributed by atoms with Crippen LogP contribution in [-0.2, 0) is 13.0 Å². The van der Waals surface area contributed by atoms with Gasteiger partial charge in [-0.3, -0.25) is 0 Å². The summed E-state index contributed by atoms with van der Waals surface area (Å²) in [6.07, 6.45) is 7.05. The maximum Gasteiger partial charge on any atom is 0.217 e. The predicted molar refractivity (Wildman–Crippen MR) is 66.2 cm³/mol. The molecule has 1 fully saturated rings. The van der Waals surface area contributed by atoms with Gasteiger partial charge in [0.1, 0.15) is 0 Å². The lowest BCUT2D eigenvalue weighted by molar-refractivity contribution is 0.256. The zero-order valence-corrected chi connectivity index (χ0v) is 10.8. The Morgan fingerprint density at radius 1 is 1.35 bits per heavy atom. The highest BCUT2D eigenvalue weighted by Gasteiger charge is 2.24. The predicted octanol–water partition coefficient (Wildman–Crippen LogP) is 2.45. The Morgan fingerprint density at radius 2 is 2.06 bits per heavy atom. The largest absolute Gasteiger partial charge is 0.481 e. The molecule has 0 bridgehead atoms. The zero-order valence-electron chi connectivity index (χ0n) is 10.8. The maximum atomic E-state index is 9.44. The van der Waals surface area contributed by atoms with Gasteiger partial charge in [-0.1, -0.05) is 26.2 Å². The van der Waals surface area contributed by atoms with Gasteiger partial charge in [0, 0.05) is 0 Å². The summed E-state index contributed by atoms with van der Waals surface area (Å²) in [5, 5.41) is 14.1. The number of aliphatic hydroxyl groups excluding tert-OH is 1. The number of ether oxygens (including phenoxy) is 1. The highest BCUT2D eigenvalue weighted by atomic mass is 16.5. The fourth-order valence-electron chi connectivity index (χ4n) is 2.73. The Labute approximate surface area is 103 Å². The van der Waals surface area contributed by atoms with E-state index < -0.39 is 0 Å². The Hall–Kier alpha value is -1.03. The molecule has 1 N–H and O–H groups in total. The van der Waals surface area contributed by atoms with E-state index in [0.29, 0.717) is 6.04 Å². The summed E-state index contributed by atoms with van der Waals surface area (Å²) in [6.45, 7) is 2.07. The Morgan fingerprint density at radius 3 is 2.59 bits per heavy atom. The summed E-state index contributed by atoms with van der Waals surface area (Å²) in [5.74, 6) is 0.760. The average Bonchev–Trinajstić information content (AvgIpc) is 2.77. The van der Waals surface area contributed by atoms with Gasteiger partial charge in [-0.15, -0.1) is 0 Å². The SMILES string of the molecule is CCc1nn(C2CCCCC2)c(OC)c1CO. The third kappa shape index (κ3) is 2.32. The molecule has 0 radical (unpaired) electrons. The van der Waals surface area contributed by atoms with Gasteiger partial charge >= 0.3 is 0 Å². The van der Waals surface area contributed by atoms with Gasteiger partial charge in [0.25, 0.3) is 0 Å². The van der Waals surface area contributed by atoms with Crippen LogP contribution >= 0.6 is 0 Å². The van der Waals surface area contributed by atoms with E-state index in [9.17, 15) is 5.11 Å². The number of aryl methyl sites for hydroxylation is 1. The fourth-order valence-corrected chi connectivity index (χ4v) is 2.73. The Balaban J connectivity index is 2.34. The lowest BCUT2D eigenvalue weighted by Gasteiger charge is -2.23. The molecule has 1 aromatic heterocycles. The Kier molecular flexibility index (Phi) is 4.05. The van der Waals surface area contributed by atoms with Gasteiger partial charge in [0.2, 0.25) is 5.88 Å². The number of nitrogens with zero attached hydrogens (tertiary/aromatic N) is 2. The third-order valence-corrected chi connectivity index (χ3v) is 3.65. The van der Waals surface area contributed by atoms with E-state index in [2.05, 4.69) is 12.0 Å². The molecule has 0 aliphatic heterocycles. The molecular weight excluding hydrogens is 216 g/mol. The van der Waals surface area contributed by atoms with Crippen LogP contribution in [0, 0.1) is 0 Å². The molecule has 4 heteroatoms. The zero-order chi connectivity index (χ0) is 12.3. The summed E-state index contributed by atoms with van der Waals surface area (Å²) in [7, 11) is 1.66. The lowest BCUT2D eigenvalue weighted by atomic mass is 9.96. The van der Waals surface area contributed by atoms with Crippen LogP contribution in [0.5, 0.6) is 5.88 Å². The van der Waals surface area contributed by atoms with Crippen LogP contribution in [0.25, 0.3) is 0 Å². The molecule has 96 valence electrons. The first-order chi connectivity index (χ1) is 8.31. The maximum absolute atomic E-state index is 9.44. The number of hydrogen-bond acceptors (Lipinski definition) is 3. The second-order valence-corrected chi connectivity index (χ2v) is 4.68. The summed E-state index contributed by atoms with van der Waals surface area (Å²) in [6, 6.07) is 0.448. The molecule has 0 saturated heterocycles. The lowest BCUT2D eigenvalue weighted by Crippen LogP contribution is -2.15. The average molecular weight is 238 g/mol. The first-order valence-electron chi connectivity index (χ1n) is 6.56. The number of rotatable bonds is 4. The molecule has 1 heterocycles. The van der Waals surface area contributed by atoms with Crippen LogP contribution in [-0.4, -0.2) is 22.0 Å². The molecule has 0 spiro atoms. The van der Waals surface area contributed by atoms with Gasteiger partial charge in [0.05, 0.1) is 31.0 Å². The molecule has 1 aromatic rings. The van der Waals surface area contributed by atoms with Crippen LogP contribution < -0.4 is 4.74 Å². The van der Waals surface area contributed by atoms with Gasteiger partial charge in [-0.25, -0.2) is 4.68 Å². The summed E-state index contributed by atoms with van der Waals surface area (Å²) in [4.78, 5) is 0. The number of hydrogen-bond donors (Lipinski definition) is 1. The molecule has 2 rings (SSSR count). The van der Waals surface area contributed by atoms with Gasteiger partial charge in [0.15, 0.2) is 0 Å². The van der Waals surface area contributed by atoms with Gasteiger partial charge in [-0.05, 0) is 19.3 Å². The van der Waals surface area contributed by atoms with Crippen molar-refractivity contribution < 1.29 is 9.84 Å². The van der Waals surface area contributed by atoms with Crippen molar-refractivity contribution in [3.8, 4) is 5.88 Å². The van der Waals surface area contributed by atoms with E-state index >= 15 is 0 Å². The van der Waals surface area contributed by atoms with Crippen molar-refractivity contribution in [3.63, 3.8) is 0 Å². The molecule has 0 unspecified atom stereocenters. The summed E-state index contributed by atoms with van der Waals surface area (Å²) >= 11 is 0. The molecule has 1 saturated carbocycles. The van der Waals surface area contributed by atoms with E-state index in [1.165, 1.54) is 32.1 Å². The van der Waals surface area contributed by atoms with Crippen molar-refractivity contribution in [1.29, 1.82) is 0 Å². The topological polar surface area (TPSA) is 47.3 Å². The molecule has 1 aliphatic carbocycles. The number of aliphatic hydroxyl groups is 1. The van der Waals surface area contributed by atoms with E-state index in [0.717, 1.165) is 23.6 Å². The van der Waals surface area contributed by atoms with Crippen molar-refractivity contribution in [1.82, 2.24) is 9.78 Å². The first kappa shape index (κ1) is 12.4. The van der Waals surface area contributed by atoms with Crippen LogP contribution in [0.2, 0.25) is 0 Å². The molecule has 0 aromatic carbocycles.